The number of hydrogen-bond donors (Lipinski definition) is 1. The largest absolute Gasteiger partial charge is 0.497 e. The van der Waals surface area contributed by atoms with E-state index in [1.165, 1.54) is 0 Å². The van der Waals surface area contributed by atoms with Gasteiger partial charge >= 0.3 is 5.97 Å². The highest BCUT2D eigenvalue weighted by atomic mass is 16.5. The molecule has 1 saturated heterocycles. The van der Waals surface area contributed by atoms with E-state index in [1.54, 1.807) is 13.2 Å². The van der Waals surface area contributed by atoms with E-state index in [0.29, 0.717) is 12.2 Å². The summed E-state index contributed by atoms with van der Waals surface area (Å²) in [5.74, 6) is -0.584. The smallest absolute Gasteiger partial charge is 0.311 e. The molecule has 1 aliphatic heterocycles. The van der Waals surface area contributed by atoms with Gasteiger partial charge in [0, 0.05) is 13.1 Å². The second-order valence-corrected chi connectivity index (χ2v) is 4.91. The molecule has 0 spiro atoms. The van der Waals surface area contributed by atoms with Gasteiger partial charge in [-0.3, -0.25) is 9.69 Å². The van der Waals surface area contributed by atoms with Crippen LogP contribution < -0.4 is 4.74 Å². The van der Waals surface area contributed by atoms with Gasteiger partial charge in [0.05, 0.1) is 26.2 Å². The number of carboxylic acid groups (broad SMARTS) is 1. The van der Waals surface area contributed by atoms with Gasteiger partial charge in [0.25, 0.3) is 0 Å². The Morgan fingerprint density at radius 2 is 2.20 bits per heavy atom. The zero-order valence-corrected chi connectivity index (χ0v) is 11.7. The molecule has 5 nitrogen and oxygen atoms in total. The minimum atomic E-state index is -0.786. The van der Waals surface area contributed by atoms with Gasteiger partial charge in [0.1, 0.15) is 5.75 Å². The Hall–Kier alpha value is -1.59. The summed E-state index contributed by atoms with van der Waals surface area (Å²) in [5, 5.41) is 9.44. The van der Waals surface area contributed by atoms with Gasteiger partial charge in [0.15, 0.2) is 0 Å². The number of carboxylic acids is 1. The topological polar surface area (TPSA) is 59.0 Å². The average molecular weight is 279 g/mol. The highest BCUT2D eigenvalue weighted by molar-refractivity contribution is 5.76. The number of ether oxygens (including phenoxy) is 2. The van der Waals surface area contributed by atoms with E-state index in [0.717, 1.165) is 38.4 Å². The van der Waals surface area contributed by atoms with Crippen LogP contribution in [0.1, 0.15) is 17.9 Å². The van der Waals surface area contributed by atoms with Crippen molar-refractivity contribution >= 4 is 5.97 Å². The number of benzene rings is 1. The van der Waals surface area contributed by atoms with E-state index in [1.807, 2.05) is 18.2 Å². The lowest BCUT2D eigenvalue weighted by molar-refractivity contribution is -0.139. The third-order valence-electron chi connectivity index (χ3n) is 3.63. The molecule has 1 fully saturated rings. The van der Waals surface area contributed by atoms with E-state index in [9.17, 15) is 9.90 Å². The summed E-state index contributed by atoms with van der Waals surface area (Å²) in [6.07, 6.45) is 0.600. The molecular formula is C15H21NO4. The lowest BCUT2D eigenvalue weighted by Gasteiger charge is -2.27. The van der Waals surface area contributed by atoms with Crippen molar-refractivity contribution in [3.05, 3.63) is 29.8 Å². The summed E-state index contributed by atoms with van der Waals surface area (Å²) < 4.78 is 10.5. The predicted molar refractivity (Wildman–Crippen MR) is 75.2 cm³/mol. The maximum absolute atomic E-state index is 11.5. The van der Waals surface area contributed by atoms with Crippen molar-refractivity contribution in [1.82, 2.24) is 4.90 Å². The van der Waals surface area contributed by atoms with E-state index in [2.05, 4.69) is 4.90 Å². The number of carbonyl (C=O) groups is 1. The third-order valence-corrected chi connectivity index (χ3v) is 3.63. The number of morpholine rings is 1. The maximum Gasteiger partial charge on any atom is 0.311 e. The van der Waals surface area contributed by atoms with Crippen LogP contribution in [0, 0.1) is 0 Å². The van der Waals surface area contributed by atoms with Gasteiger partial charge in [0.2, 0.25) is 0 Å². The summed E-state index contributed by atoms with van der Waals surface area (Å²) in [6, 6.07) is 7.31. The Kier molecular flexibility index (Phi) is 5.38. The lowest BCUT2D eigenvalue weighted by Crippen LogP contribution is -2.37. The van der Waals surface area contributed by atoms with Crippen molar-refractivity contribution in [3.8, 4) is 5.75 Å². The van der Waals surface area contributed by atoms with Crippen molar-refractivity contribution in [2.75, 3.05) is 40.0 Å². The average Bonchev–Trinajstić information content (AvgIpc) is 2.48. The van der Waals surface area contributed by atoms with Crippen LogP contribution in [0.4, 0.5) is 0 Å². The molecule has 2 rings (SSSR count). The maximum atomic E-state index is 11.5. The minimum absolute atomic E-state index is 0.493. The molecule has 1 heterocycles. The van der Waals surface area contributed by atoms with Crippen molar-refractivity contribution in [3.63, 3.8) is 0 Å². The fourth-order valence-electron chi connectivity index (χ4n) is 2.43. The monoisotopic (exact) mass is 279 g/mol. The van der Waals surface area contributed by atoms with Crippen molar-refractivity contribution in [2.24, 2.45) is 0 Å². The molecule has 1 aliphatic rings. The lowest BCUT2D eigenvalue weighted by atomic mass is 9.95. The van der Waals surface area contributed by atoms with Gasteiger partial charge in [-0.15, -0.1) is 0 Å². The predicted octanol–water partition coefficient (Wildman–Crippen LogP) is 1.59. The second kappa shape index (κ2) is 7.26. The van der Waals surface area contributed by atoms with E-state index in [-0.39, 0.29) is 0 Å². The summed E-state index contributed by atoms with van der Waals surface area (Å²) in [7, 11) is 1.59. The Morgan fingerprint density at radius 1 is 1.45 bits per heavy atom. The number of aliphatic carboxylic acids is 1. The third kappa shape index (κ3) is 3.95. The van der Waals surface area contributed by atoms with Crippen molar-refractivity contribution in [1.29, 1.82) is 0 Å². The molecule has 1 aromatic rings. The van der Waals surface area contributed by atoms with Crippen LogP contribution in [0.2, 0.25) is 0 Å². The Morgan fingerprint density at radius 3 is 2.85 bits per heavy atom. The Bertz CT molecular complexity index is 443. The minimum Gasteiger partial charge on any atom is -0.497 e. The van der Waals surface area contributed by atoms with E-state index >= 15 is 0 Å². The van der Waals surface area contributed by atoms with Gasteiger partial charge < -0.3 is 14.6 Å². The molecule has 0 amide bonds. The molecular weight excluding hydrogens is 258 g/mol. The van der Waals surface area contributed by atoms with E-state index < -0.39 is 11.9 Å². The first-order chi connectivity index (χ1) is 9.70. The summed E-state index contributed by atoms with van der Waals surface area (Å²) in [5.41, 5.74) is 0.796. The normalized spacial score (nSPS) is 17.6. The summed E-state index contributed by atoms with van der Waals surface area (Å²) >= 11 is 0. The molecule has 0 saturated carbocycles. The van der Waals surface area contributed by atoms with Crippen molar-refractivity contribution in [2.45, 2.75) is 12.3 Å². The molecule has 0 aromatic heterocycles. The van der Waals surface area contributed by atoms with Gasteiger partial charge in [-0.2, -0.15) is 0 Å². The number of hydrogen-bond acceptors (Lipinski definition) is 4. The SMILES string of the molecule is COc1cccc(C(CCN2CCOCC2)C(=O)O)c1. The Balaban J connectivity index is 2.00. The second-order valence-electron chi connectivity index (χ2n) is 4.91. The highest BCUT2D eigenvalue weighted by Crippen LogP contribution is 2.24. The molecule has 1 atom stereocenters. The quantitative estimate of drug-likeness (QED) is 0.857. The first-order valence-electron chi connectivity index (χ1n) is 6.87. The van der Waals surface area contributed by atoms with Crippen LogP contribution in [-0.2, 0) is 9.53 Å². The van der Waals surface area contributed by atoms with E-state index in [4.69, 9.17) is 9.47 Å². The number of methoxy groups -OCH3 is 1. The van der Waals surface area contributed by atoms with Crippen LogP contribution >= 0.6 is 0 Å². The standard InChI is InChI=1S/C15H21NO4/c1-19-13-4-2-3-12(11-13)14(15(17)18)5-6-16-7-9-20-10-8-16/h2-4,11,14H,5-10H2,1H3,(H,17,18). The fraction of sp³-hybridized carbons (Fsp3) is 0.533. The van der Waals surface area contributed by atoms with Crippen LogP contribution in [0.15, 0.2) is 24.3 Å². The number of rotatable bonds is 6. The van der Waals surface area contributed by atoms with Crippen LogP contribution in [0.3, 0.4) is 0 Å². The molecule has 5 heteroatoms. The fourth-order valence-corrected chi connectivity index (χ4v) is 2.43. The van der Waals surface area contributed by atoms with Crippen molar-refractivity contribution < 1.29 is 19.4 Å². The molecule has 20 heavy (non-hydrogen) atoms. The van der Waals surface area contributed by atoms with Crippen LogP contribution in [0.25, 0.3) is 0 Å². The molecule has 0 bridgehead atoms. The molecule has 0 radical (unpaired) electrons. The molecule has 1 unspecified atom stereocenters. The summed E-state index contributed by atoms with van der Waals surface area (Å²) in [6.45, 7) is 4.00. The first kappa shape index (κ1) is 14.8. The molecule has 1 aromatic carbocycles. The van der Waals surface area contributed by atoms with Gasteiger partial charge in [-0.05, 0) is 30.7 Å². The zero-order valence-electron chi connectivity index (χ0n) is 11.7. The molecule has 0 aliphatic carbocycles. The first-order valence-corrected chi connectivity index (χ1v) is 6.87. The Labute approximate surface area is 119 Å². The molecule has 110 valence electrons. The zero-order chi connectivity index (χ0) is 14.4. The number of nitrogens with zero attached hydrogens (tertiary/aromatic N) is 1. The molecule has 1 N–H and O–H groups in total. The van der Waals surface area contributed by atoms with Gasteiger partial charge in [-0.1, -0.05) is 12.1 Å². The highest BCUT2D eigenvalue weighted by Gasteiger charge is 2.22. The van der Waals surface area contributed by atoms with Crippen LogP contribution in [-0.4, -0.2) is 55.9 Å². The van der Waals surface area contributed by atoms with Crippen LogP contribution in [0.5, 0.6) is 5.75 Å². The summed E-state index contributed by atoms with van der Waals surface area (Å²) in [4.78, 5) is 13.7. The van der Waals surface area contributed by atoms with Gasteiger partial charge in [-0.25, -0.2) is 0 Å².